The molecule has 0 bridgehead atoms. The third kappa shape index (κ3) is 4.63. The van der Waals surface area contributed by atoms with Gasteiger partial charge in [0.1, 0.15) is 0 Å². The Bertz CT molecular complexity index is 920. The summed E-state index contributed by atoms with van der Waals surface area (Å²) in [5.74, 6) is 1.48. The van der Waals surface area contributed by atoms with E-state index in [0.717, 1.165) is 16.7 Å². The van der Waals surface area contributed by atoms with Crippen molar-refractivity contribution >= 4 is 17.5 Å². The summed E-state index contributed by atoms with van der Waals surface area (Å²) < 4.78 is 5.64. The molecule has 0 radical (unpaired) electrons. The average molecular weight is 382 g/mol. The van der Waals surface area contributed by atoms with Crippen molar-refractivity contribution in [2.75, 3.05) is 5.75 Å². The van der Waals surface area contributed by atoms with Crippen molar-refractivity contribution in [3.63, 3.8) is 0 Å². The van der Waals surface area contributed by atoms with E-state index in [2.05, 4.69) is 48.9 Å². The van der Waals surface area contributed by atoms with E-state index in [4.69, 9.17) is 4.42 Å². The molecule has 0 saturated heterocycles. The van der Waals surface area contributed by atoms with Gasteiger partial charge >= 0.3 is 0 Å². The molecule has 0 fully saturated rings. The van der Waals surface area contributed by atoms with Crippen molar-refractivity contribution in [3.8, 4) is 11.5 Å². The maximum Gasteiger partial charge on any atom is 0.277 e. The second-order valence-electron chi connectivity index (χ2n) is 6.98. The first-order valence-corrected chi connectivity index (χ1v) is 9.98. The van der Waals surface area contributed by atoms with Gasteiger partial charge in [0, 0.05) is 23.5 Å². The molecular formula is C21H23N3O2S. The molecule has 2 heterocycles. The minimum absolute atomic E-state index is 0.0719. The number of ketones is 1. The summed E-state index contributed by atoms with van der Waals surface area (Å²) in [6, 6.07) is 9.75. The SMILES string of the molecule is CC(C)c1ccc(C(=O)CSc2nnc(-c3ccncc3)o2)c(C(C)C)c1. The van der Waals surface area contributed by atoms with Crippen molar-refractivity contribution in [2.45, 2.75) is 44.8 Å². The summed E-state index contributed by atoms with van der Waals surface area (Å²) >= 11 is 1.26. The lowest BCUT2D eigenvalue weighted by molar-refractivity contribution is 0.102. The number of carbonyl (C=O) groups excluding carboxylic acids is 1. The Hall–Kier alpha value is -2.47. The van der Waals surface area contributed by atoms with Gasteiger partial charge in [0.15, 0.2) is 5.78 Å². The number of Topliss-reactive ketones (excluding diaryl/α,β-unsaturated/α-hetero) is 1. The predicted octanol–water partition coefficient (Wildman–Crippen LogP) is 5.35. The second kappa shape index (κ2) is 8.48. The molecule has 0 N–H and O–H groups in total. The minimum atomic E-state index is 0.0719. The van der Waals surface area contributed by atoms with Gasteiger partial charge in [0.2, 0.25) is 5.89 Å². The number of hydrogen-bond acceptors (Lipinski definition) is 6. The zero-order valence-electron chi connectivity index (χ0n) is 16.0. The van der Waals surface area contributed by atoms with Gasteiger partial charge in [0.05, 0.1) is 5.75 Å². The van der Waals surface area contributed by atoms with Crippen LogP contribution >= 0.6 is 11.8 Å². The molecule has 0 amide bonds. The molecule has 1 aromatic carbocycles. The summed E-state index contributed by atoms with van der Waals surface area (Å²) in [5.41, 5.74) is 3.93. The van der Waals surface area contributed by atoms with Gasteiger partial charge in [-0.1, -0.05) is 57.7 Å². The highest BCUT2D eigenvalue weighted by Crippen LogP contribution is 2.28. The lowest BCUT2D eigenvalue weighted by atomic mass is 9.90. The summed E-state index contributed by atoms with van der Waals surface area (Å²) in [6.45, 7) is 8.55. The fraction of sp³-hybridized carbons (Fsp3) is 0.333. The summed E-state index contributed by atoms with van der Waals surface area (Å²) in [5, 5.41) is 8.45. The molecule has 0 spiro atoms. The Labute approximate surface area is 163 Å². The number of benzene rings is 1. The molecule has 140 valence electrons. The number of carbonyl (C=O) groups is 1. The smallest absolute Gasteiger partial charge is 0.277 e. The predicted molar refractivity (Wildman–Crippen MR) is 107 cm³/mol. The van der Waals surface area contributed by atoms with E-state index in [1.807, 2.05) is 12.1 Å². The number of pyridine rings is 1. The van der Waals surface area contributed by atoms with Gasteiger partial charge < -0.3 is 4.42 Å². The fourth-order valence-corrected chi connectivity index (χ4v) is 3.40. The molecule has 0 saturated carbocycles. The number of nitrogens with zero attached hydrogens (tertiary/aromatic N) is 3. The normalized spacial score (nSPS) is 11.3. The highest BCUT2D eigenvalue weighted by atomic mass is 32.2. The minimum Gasteiger partial charge on any atom is -0.411 e. The molecule has 3 rings (SSSR count). The first-order chi connectivity index (χ1) is 13.0. The van der Waals surface area contributed by atoms with Crippen molar-refractivity contribution in [3.05, 3.63) is 59.4 Å². The molecule has 5 nitrogen and oxygen atoms in total. The quantitative estimate of drug-likeness (QED) is 0.406. The van der Waals surface area contributed by atoms with Crippen molar-refractivity contribution in [2.24, 2.45) is 0 Å². The van der Waals surface area contributed by atoms with E-state index in [0.29, 0.717) is 17.0 Å². The molecular weight excluding hydrogens is 358 g/mol. The van der Waals surface area contributed by atoms with E-state index in [1.54, 1.807) is 24.5 Å². The van der Waals surface area contributed by atoms with Crippen LogP contribution in [0.4, 0.5) is 0 Å². The number of rotatable bonds is 7. The lowest BCUT2D eigenvalue weighted by Crippen LogP contribution is -2.08. The molecule has 27 heavy (non-hydrogen) atoms. The molecule has 0 aliphatic carbocycles. The summed E-state index contributed by atoms with van der Waals surface area (Å²) in [7, 11) is 0. The standard InChI is InChI=1S/C21H23N3O2S/c1-13(2)16-5-6-17(18(11-16)14(3)4)19(25)12-27-21-24-23-20(26-21)15-7-9-22-10-8-15/h5-11,13-14H,12H2,1-4H3. The van der Waals surface area contributed by atoms with Gasteiger partial charge in [-0.3, -0.25) is 9.78 Å². The van der Waals surface area contributed by atoms with Gasteiger partial charge in [0.25, 0.3) is 5.22 Å². The molecule has 0 unspecified atom stereocenters. The van der Waals surface area contributed by atoms with Crippen LogP contribution in [-0.2, 0) is 0 Å². The molecule has 0 atom stereocenters. The highest BCUT2D eigenvalue weighted by Gasteiger charge is 2.17. The van der Waals surface area contributed by atoms with E-state index >= 15 is 0 Å². The van der Waals surface area contributed by atoms with Crippen molar-refractivity contribution in [1.29, 1.82) is 0 Å². The van der Waals surface area contributed by atoms with Gasteiger partial charge in [-0.05, 0) is 35.1 Å². The Morgan fingerprint density at radius 2 is 1.78 bits per heavy atom. The number of aromatic nitrogens is 3. The third-order valence-electron chi connectivity index (χ3n) is 4.33. The highest BCUT2D eigenvalue weighted by molar-refractivity contribution is 7.99. The van der Waals surface area contributed by atoms with Crippen LogP contribution in [0.15, 0.2) is 52.4 Å². The van der Waals surface area contributed by atoms with Crippen LogP contribution < -0.4 is 0 Å². The Kier molecular flexibility index (Phi) is 6.06. The molecule has 3 aromatic rings. The topological polar surface area (TPSA) is 68.9 Å². The molecule has 0 aliphatic rings. The second-order valence-corrected chi connectivity index (χ2v) is 7.90. The van der Waals surface area contributed by atoms with Gasteiger partial charge in [-0.15, -0.1) is 10.2 Å². The van der Waals surface area contributed by atoms with E-state index < -0.39 is 0 Å². The van der Waals surface area contributed by atoms with Crippen LogP contribution in [0.25, 0.3) is 11.5 Å². The zero-order chi connectivity index (χ0) is 19.4. The molecule has 6 heteroatoms. The van der Waals surface area contributed by atoms with Gasteiger partial charge in [-0.2, -0.15) is 0 Å². The zero-order valence-corrected chi connectivity index (χ0v) is 16.8. The monoisotopic (exact) mass is 381 g/mol. The van der Waals surface area contributed by atoms with Crippen LogP contribution in [0, 0.1) is 0 Å². The van der Waals surface area contributed by atoms with E-state index in [9.17, 15) is 4.79 Å². The van der Waals surface area contributed by atoms with E-state index in [-0.39, 0.29) is 17.5 Å². The summed E-state index contributed by atoms with van der Waals surface area (Å²) in [4.78, 5) is 16.8. The Morgan fingerprint density at radius 1 is 1.04 bits per heavy atom. The molecule has 2 aromatic heterocycles. The first kappa shape index (κ1) is 19.3. The maximum absolute atomic E-state index is 12.8. The van der Waals surface area contributed by atoms with Crippen molar-refractivity contribution in [1.82, 2.24) is 15.2 Å². The van der Waals surface area contributed by atoms with Crippen LogP contribution in [0.1, 0.15) is 61.0 Å². The third-order valence-corrected chi connectivity index (χ3v) is 5.14. The van der Waals surface area contributed by atoms with Crippen LogP contribution in [0.2, 0.25) is 0 Å². The van der Waals surface area contributed by atoms with Crippen LogP contribution in [-0.4, -0.2) is 26.7 Å². The van der Waals surface area contributed by atoms with Crippen LogP contribution in [0.3, 0.4) is 0 Å². The number of hydrogen-bond donors (Lipinski definition) is 0. The summed E-state index contributed by atoms with van der Waals surface area (Å²) in [6.07, 6.45) is 3.34. The first-order valence-electron chi connectivity index (χ1n) is 8.99. The largest absolute Gasteiger partial charge is 0.411 e. The Balaban J connectivity index is 1.72. The Morgan fingerprint density at radius 3 is 2.44 bits per heavy atom. The van der Waals surface area contributed by atoms with Gasteiger partial charge in [-0.25, -0.2) is 0 Å². The van der Waals surface area contributed by atoms with Crippen molar-refractivity contribution < 1.29 is 9.21 Å². The molecule has 0 aliphatic heterocycles. The number of thioether (sulfide) groups is 1. The lowest BCUT2D eigenvalue weighted by Gasteiger charge is -2.15. The van der Waals surface area contributed by atoms with E-state index in [1.165, 1.54) is 17.3 Å². The maximum atomic E-state index is 12.8. The average Bonchev–Trinajstić information content (AvgIpc) is 3.15. The van der Waals surface area contributed by atoms with Crippen LogP contribution in [0.5, 0.6) is 0 Å². The fourth-order valence-electron chi connectivity index (χ4n) is 2.76.